The third-order valence-electron chi connectivity index (χ3n) is 5.59. The van der Waals surface area contributed by atoms with Gasteiger partial charge in [0.2, 0.25) is 0 Å². The highest BCUT2D eigenvalue weighted by Gasteiger charge is 2.40. The van der Waals surface area contributed by atoms with Gasteiger partial charge in [-0.25, -0.2) is 8.78 Å². The van der Waals surface area contributed by atoms with Gasteiger partial charge in [0.15, 0.2) is 12.0 Å². The molecule has 0 atom stereocenters. The number of hydrogen-bond acceptors (Lipinski definition) is 3. The Bertz CT molecular complexity index is 577. The molecule has 3 rings (SSSR count). The maximum Gasteiger partial charge on any atom is 0.160 e. The molecule has 0 amide bonds. The predicted octanol–water partition coefficient (Wildman–Crippen LogP) is 5.38. The van der Waals surface area contributed by atoms with Gasteiger partial charge >= 0.3 is 0 Å². The van der Waals surface area contributed by atoms with E-state index in [1.165, 1.54) is 6.07 Å². The zero-order valence-electron chi connectivity index (χ0n) is 15.8. The molecule has 1 aromatic carbocycles. The summed E-state index contributed by atoms with van der Waals surface area (Å²) in [6.07, 6.45) is 4.56. The molecule has 0 spiro atoms. The fraction of sp³-hybridized carbons (Fsp3) is 0.714. The third-order valence-corrected chi connectivity index (χ3v) is 5.59. The maximum atomic E-state index is 14.4. The molecule has 146 valence electrons. The van der Waals surface area contributed by atoms with E-state index in [2.05, 4.69) is 0 Å². The van der Waals surface area contributed by atoms with E-state index in [-0.39, 0.29) is 37.2 Å². The van der Waals surface area contributed by atoms with Crippen LogP contribution in [0.5, 0.6) is 5.75 Å². The fourth-order valence-electron chi connectivity index (χ4n) is 4.22. The number of alkyl halides is 1. The van der Waals surface area contributed by atoms with Crippen LogP contribution in [0.3, 0.4) is 0 Å². The molecule has 1 aliphatic carbocycles. The minimum Gasteiger partial charge on any atom is -0.494 e. The molecule has 3 nitrogen and oxygen atoms in total. The van der Waals surface area contributed by atoms with Crippen LogP contribution in [0.2, 0.25) is 0 Å². The first-order valence-corrected chi connectivity index (χ1v) is 9.89. The first kappa shape index (κ1) is 19.6. The van der Waals surface area contributed by atoms with Gasteiger partial charge in [-0.1, -0.05) is 19.4 Å². The molecule has 0 N–H and O–H groups in total. The van der Waals surface area contributed by atoms with Crippen molar-refractivity contribution in [3.63, 3.8) is 0 Å². The van der Waals surface area contributed by atoms with E-state index in [0.717, 1.165) is 37.7 Å². The minimum absolute atomic E-state index is 0.124. The van der Waals surface area contributed by atoms with E-state index in [0.29, 0.717) is 18.8 Å². The second kappa shape index (κ2) is 8.66. The van der Waals surface area contributed by atoms with Gasteiger partial charge in [0.1, 0.15) is 11.6 Å². The van der Waals surface area contributed by atoms with Crippen molar-refractivity contribution in [1.82, 2.24) is 0 Å². The number of rotatable bonds is 6. The lowest BCUT2D eigenvalue weighted by Gasteiger charge is -2.40. The lowest BCUT2D eigenvalue weighted by molar-refractivity contribution is -0.257. The molecule has 2 aliphatic rings. The number of ether oxygens (including phenoxy) is 3. The highest BCUT2D eigenvalue weighted by atomic mass is 19.1. The zero-order chi connectivity index (χ0) is 18.6. The number of benzene rings is 1. The van der Waals surface area contributed by atoms with Crippen LogP contribution in [-0.2, 0) is 9.47 Å². The molecule has 2 fully saturated rings. The molecule has 0 aromatic heterocycles. The van der Waals surface area contributed by atoms with Crippen molar-refractivity contribution < 1.29 is 23.0 Å². The van der Waals surface area contributed by atoms with Crippen LogP contribution in [0.4, 0.5) is 8.78 Å². The zero-order valence-corrected chi connectivity index (χ0v) is 15.8. The van der Waals surface area contributed by atoms with Crippen molar-refractivity contribution in [2.45, 2.75) is 70.2 Å². The van der Waals surface area contributed by atoms with Gasteiger partial charge in [-0.05, 0) is 56.6 Å². The Labute approximate surface area is 155 Å². The molecule has 26 heavy (non-hydrogen) atoms. The Balaban J connectivity index is 1.52. The van der Waals surface area contributed by atoms with Crippen LogP contribution < -0.4 is 4.74 Å². The maximum absolute atomic E-state index is 14.4. The lowest BCUT2D eigenvalue weighted by atomic mass is 9.78. The van der Waals surface area contributed by atoms with E-state index in [9.17, 15) is 8.78 Å². The summed E-state index contributed by atoms with van der Waals surface area (Å²) < 4.78 is 45.6. The van der Waals surface area contributed by atoms with Gasteiger partial charge in [0, 0.05) is 12.0 Å². The topological polar surface area (TPSA) is 27.7 Å². The Morgan fingerprint density at radius 3 is 2.38 bits per heavy atom. The Morgan fingerprint density at radius 1 is 1.12 bits per heavy atom. The summed E-state index contributed by atoms with van der Waals surface area (Å²) in [4.78, 5) is 0. The van der Waals surface area contributed by atoms with Crippen molar-refractivity contribution in [2.75, 3.05) is 19.8 Å². The third kappa shape index (κ3) is 4.55. The highest BCUT2D eigenvalue weighted by molar-refractivity contribution is 5.31. The van der Waals surface area contributed by atoms with E-state index in [1.54, 1.807) is 0 Å². The molecule has 0 bridgehead atoms. The van der Waals surface area contributed by atoms with Crippen LogP contribution in [0.25, 0.3) is 0 Å². The molecule has 1 saturated heterocycles. The summed E-state index contributed by atoms with van der Waals surface area (Å²) in [7, 11) is 0. The van der Waals surface area contributed by atoms with Crippen LogP contribution in [0, 0.1) is 11.7 Å². The second-order valence-corrected chi connectivity index (χ2v) is 7.62. The standard InChI is InChI=1S/C21H30F2O3/c1-3-11-21(23)13-25-20(26-14-21)16-7-5-15(6-8-16)18-10-9-17(24-4-2)12-19(18)22/h9-10,12,15-16,20H,3-8,11,13-14H2,1-2H3. The summed E-state index contributed by atoms with van der Waals surface area (Å²) in [6, 6.07) is 5.17. The number of halogens is 2. The highest BCUT2D eigenvalue weighted by Crippen LogP contribution is 2.41. The van der Waals surface area contributed by atoms with Crippen LogP contribution in [0.1, 0.15) is 63.9 Å². The Hall–Kier alpha value is -1.20. The first-order valence-electron chi connectivity index (χ1n) is 9.89. The minimum atomic E-state index is -1.34. The van der Waals surface area contributed by atoms with Crippen molar-refractivity contribution in [3.8, 4) is 5.75 Å². The predicted molar refractivity (Wildman–Crippen MR) is 96.7 cm³/mol. The molecule has 5 heteroatoms. The first-order chi connectivity index (χ1) is 12.5. The second-order valence-electron chi connectivity index (χ2n) is 7.62. The van der Waals surface area contributed by atoms with Crippen LogP contribution >= 0.6 is 0 Å². The monoisotopic (exact) mass is 368 g/mol. The Morgan fingerprint density at radius 2 is 1.81 bits per heavy atom. The van der Waals surface area contributed by atoms with E-state index in [1.807, 2.05) is 26.0 Å². The van der Waals surface area contributed by atoms with Crippen molar-refractivity contribution in [1.29, 1.82) is 0 Å². The largest absolute Gasteiger partial charge is 0.494 e. The van der Waals surface area contributed by atoms with Crippen LogP contribution in [0.15, 0.2) is 18.2 Å². The van der Waals surface area contributed by atoms with Crippen molar-refractivity contribution in [3.05, 3.63) is 29.6 Å². The summed E-state index contributed by atoms with van der Waals surface area (Å²) >= 11 is 0. The van der Waals surface area contributed by atoms with E-state index >= 15 is 0 Å². The summed E-state index contributed by atoms with van der Waals surface area (Å²) in [5.74, 6) is 0.869. The van der Waals surface area contributed by atoms with Gasteiger partial charge in [0.25, 0.3) is 0 Å². The van der Waals surface area contributed by atoms with E-state index < -0.39 is 5.67 Å². The van der Waals surface area contributed by atoms with Gasteiger partial charge in [-0.3, -0.25) is 0 Å². The van der Waals surface area contributed by atoms with Crippen molar-refractivity contribution >= 4 is 0 Å². The molecular formula is C21H30F2O3. The molecular weight excluding hydrogens is 338 g/mol. The van der Waals surface area contributed by atoms with Crippen LogP contribution in [-0.4, -0.2) is 31.8 Å². The van der Waals surface area contributed by atoms with Gasteiger partial charge < -0.3 is 14.2 Å². The molecule has 0 unspecified atom stereocenters. The van der Waals surface area contributed by atoms with Gasteiger partial charge in [0.05, 0.1) is 19.8 Å². The van der Waals surface area contributed by atoms with Gasteiger partial charge in [-0.15, -0.1) is 0 Å². The SMILES string of the molecule is CCCC1(F)COC(C2CCC(c3ccc(OCC)cc3F)CC2)OC1. The summed E-state index contributed by atoms with van der Waals surface area (Å²) in [5.41, 5.74) is -0.573. The lowest BCUT2D eigenvalue weighted by Crippen LogP contribution is -2.46. The Kier molecular flexibility index (Phi) is 6.51. The average Bonchev–Trinajstić information content (AvgIpc) is 2.63. The molecule has 0 radical (unpaired) electrons. The average molecular weight is 368 g/mol. The molecule has 1 aromatic rings. The van der Waals surface area contributed by atoms with Crippen molar-refractivity contribution in [2.24, 2.45) is 5.92 Å². The molecule has 1 saturated carbocycles. The molecule has 1 aliphatic heterocycles. The van der Waals surface area contributed by atoms with Gasteiger partial charge in [-0.2, -0.15) is 0 Å². The fourth-order valence-corrected chi connectivity index (χ4v) is 4.22. The smallest absolute Gasteiger partial charge is 0.160 e. The quantitative estimate of drug-likeness (QED) is 0.675. The molecule has 1 heterocycles. The van der Waals surface area contributed by atoms with E-state index in [4.69, 9.17) is 14.2 Å². The number of hydrogen-bond donors (Lipinski definition) is 0. The normalized spacial score (nSPS) is 32.4. The summed E-state index contributed by atoms with van der Waals surface area (Å²) in [6.45, 7) is 4.63. The summed E-state index contributed by atoms with van der Waals surface area (Å²) in [5, 5.41) is 0.